The van der Waals surface area contributed by atoms with Crippen LogP contribution in [0.1, 0.15) is 55.6 Å². The van der Waals surface area contributed by atoms with E-state index in [-0.39, 0.29) is 56.3 Å². The second-order valence-electron chi connectivity index (χ2n) is 9.95. The Bertz CT molecular complexity index is 1220. The largest absolute Gasteiger partial charge is 0.493 e. The molecule has 0 saturated carbocycles. The third-order valence-corrected chi connectivity index (χ3v) is 6.35. The van der Waals surface area contributed by atoms with Gasteiger partial charge in [-0.05, 0) is 43.4 Å². The number of amides is 4. The van der Waals surface area contributed by atoms with Crippen LogP contribution in [-0.2, 0) is 27.1 Å². The molecule has 1 aromatic heterocycles. The summed E-state index contributed by atoms with van der Waals surface area (Å²) >= 11 is 0. The molecule has 0 aliphatic carbocycles. The molecule has 1 aromatic carbocycles. The Kier molecular flexibility index (Phi) is 11.1. The quantitative estimate of drug-likeness (QED) is 0.385. The predicted molar refractivity (Wildman–Crippen MR) is 142 cm³/mol. The fraction of sp³-hybridized carbons (Fsp3) is 0.519. The first-order chi connectivity index (χ1) is 19.5. The van der Waals surface area contributed by atoms with Crippen LogP contribution in [0.2, 0.25) is 0 Å². The number of alkyl halides is 3. The van der Waals surface area contributed by atoms with Gasteiger partial charge >= 0.3 is 6.18 Å². The van der Waals surface area contributed by atoms with Gasteiger partial charge in [0.1, 0.15) is 17.8 Å². The highest BCUT2D eigenvalue weighted by atomic mass is 19.4. The minimum atomic E-state index is -4.54. The molecule has 1 aliphatic rings. The number of nitrogens with one attached hydrogen (secondary N) is 4. The molecule has 0 saturated heterocycles. The molecule has 4 N–H and O–H groups in total. The Balaban J connectivity index is 1.69. The topological polar surface area (TPSA) is 143 Å². The van der Waals surface area contributed by atoms with Gasteiger partial charge in [-0.2, -0.15) is 18.3 Å². The van der Waals surface area contributed by atoms with E-state index >= 15 is 0 Å². The van der Waals surface area contributed by atoms with Crippen molar-refractivity contribution in [2.45, 2.75) is 64.3 Å². The molecule has 0 unspecified atom stereocenters. The van der Waals surface area contributed by atoms with Gasteiger partial charge in [-0.15, -0.1) is 0 Å². The van der Waals surface area contributed by atoms with Crippen molar-refractivity contribution in [2.24, 2.45) is 5.92 Å². The lowest BCUT2D eigenvalue weighted by molar-refractivity contribution is -0.141. The maximum absolute atomic E-state index is 13.1. The second kappa shape index (κ2) is 14.5. The van der Waals surface area contributed by atoms with Crippen LogP contribution in [0, 0.1) is 5.92 Å². The summed E-state index contributed by atoms with van der Waals surface area (Å²) in [5.41, 5.74) is -0.806. The maximum Gasteiger partial charge on any atom is 0.435 e. The van der Waals surface area contributed by atoms with Crippen molar-refractivity contribution in [3.8, 4) is 5.75 Å². The Morgan fingerprint density at radius 3 is 2.63 bits per heavy atom. The highest BCUT2D eigenvalue weighted by Crippen LogP contribution is 2.27. The molecule has 4 amide bonds. The van der Waals surface area contributed by atoms with Gasteiger partial charge in [0, 0.05) is 32.3 Å². The zero-order chi connectivity index (χ0) is 30.0. The van der Waals surface area contributed by atoms with Gasteiger partial charge < -0.3 is 26.0 Å². The number of ether oxygens (including phenoxy) is 1. The van der Waals surface area contributed by atoms with Gasteiger partial charge in [0.2, 0.25) is 17.7 Å². The minimum Gasteiger partial charge on any atom is -0.493 e. The normalized spacial score (nSPS) is 19.4. The van der Waals surface area contributed by atoms with Crippen molar-refractivity contribution in [1.29, 1.82) is 0 Å². The van der Waals surface area contributed by atoms with Crippen molar-refractivity contribution in [3.05, 3.63) is 47.8 Å². The Morgan fingerprint density at radius 2 is 1.93 bits per heavy atom. The van der Waals surface area contributed by atoms with Crippen LogP contribution in [-0.4, -0.2) is 65.2 Å². The Morgan fingerprint density at radius 1 is 1.17 bits per heavy atom. The zero-order valence-corrected chi connectivity index (χ0v) is 22.9. The molecule has 14 heteroatoms. The lowest BCUT2D eigenvalue weighted by Gasteiger charge is -2.23. The number of halogens is 3. The molecule has 1 aliphatic heterocycles. The maximum atomic E-state index is 13.1. The molecular weight excluding hydrogens is 545 g/mol. The van der Waals surface area contributed by atoms with Gasteiger partial charge in [0.05, 0.1) is 12.2 Å². The summed E-state index contributed by atoms with van der Waals surface area (Å²) in [6.07, 6.45) is -2.82. The monoisotopic (exact) mass is 580 g/mol. The van der Waals surface area contributed by atoms with Gasteiger partial charge in [-0.1, -0.05) is 26.0 Å². The number of aryl methyl sites for hydroxylation is 1. The van der Waals surface area contributed by atoms with Gasteiger partial charge in [-0.3, -0.25) is 23.9 Å². The smallest absolute Gasteiger partial charge is 0.435 e. The Labute approximate surface area is 235 Å². The number of benzene rings is 1. The SMILES string of the molecule is CC(C)[C@H]1NC(=O)CC[C@@H](C(=O)NCCCn2ccc(C(F)(F)F)n2)NC(=O)c2ccccc2OCCCNC1=O. The van der Waals surface area contributed by atoms with Crippen LogP contribution in [0.25, 0.3) is 0 Å². The summed E-state index contributed by atoms with van der Waals surface area (Å²) in [4.78, 5) is 51.6. The van der Waals surface area contributed by atoms with E-state index < -0.39 is 41.7 Å². The molecule has 0 bridgehead atoms. The van der Waals surface area contributed by atoms with Crippen molar-refractivity contribution in [3.63, 3.8) is 0 Å². The summed E-state index contributed by atoms with van der Waals surface area (Å²) in [6, 6.07) is 5.49. The fourth-order valence-electron chi connectivity index (χ4n) is 4.13. The highest BCUT2D eigenvalue weighted by molar-refractivity contribution is 5.99. The average Bonchev–Trinajstić information content (AvgIpc) is 3.41. The van der Waals surface area contributed by atoms with Gasteiger partial charge in [0.25, 0.3) is 5.91 Å². The Hall–Kier alpha value is -4.10. The van der Waals surface area contributed by atoms with E-state index in [9.17, 15) is 32.3 Å². The number of hydrogen-bond acceptors (Lipinski definition) is 6. The molecule has 11 nitrogen and oxygen atoms in total. The number of carbonyl (C=O) groups excluding carboxylic acids is 4. The molecule has 224 valence electrons. The summed E-state index contributed by atoms with van der Waals surface area (Å²) in [7, 11) is 0. The second-order valence-corrected chi connectivity index (χ2v) is 9.95. The first-order valence-corrected chi connectivity index (χ1v) is 13.4. The van der Waals surface area contributed by atoms with E-state index in [1.165, 1.54) is 6.20 Å². The van der Waals surface area contributed by atoms with E-state index in [1.807, 2.05) is 0 Å². The van der Waals surface area contributed by atoms with E-state index in [1.54, 1.807) is 38.1 Å². The van der Waals surface area contributed by atoms with Crippen LogP contribution in [0.15, 0.2) is 36.5 Å². The fourth-order valence-corrected chi connectivity index (χ4v) is 4.13. The van der Waals surface area contributed by atoms with Crippen LogP contribution in [0.4, 0.5) is 13.2 Å². The van der Waals surface area contributed by atoms with Gasteiger partial charge in [-0.25, -0.2) is 0 Å². The number of carbonyl (C=O) groups is 4. The molecular formula is C27H35F3N6O5. The first-order valence-electron chi connectivity index (χ1n) is 13.4. The standard InChI is InChI=1S/C27H35F3N6O5/c1-17(2)23-26(40)32-13-6-16-41-20-8-4-3-7-18(20)24(38)33-19(9-10-22(37)34-23)25(39)31-12-5-14-36-15-11-21(35-36)27(28,29)30/h3-4,7-8,11,15,17,19,23H,5-6,9-10,12-14,16H2,1-2H3,(H,31,39)(H,32,40)(H,33,38)(H,34,37)/t19-,23+/m0/s1. The van der Waals surface area contributed by atoms with E-state index in [2.05, 4.69) is 26.4 Å². The van der Waals surface area contributed by atoms with Crippen molar-refractivity contribution in [1.82, 2.24) is 31.0 Å². The number of para-hydroxylation sites is 1. The number of fused-ring (bicyclic) bond motifs is 1. The third-order valence-electron chi connectivity index (χ3n) is 6.35. The first kappa shape index (κ1) is 31.4. The van der Waals surface area contributed by atoms with Crippen LogP contribution in [0.3, 0.4) is 0 Å². The summed E-state index contributed by atoms with van der Waals surface area (Å²) in [5, 5.41) is 14.3. The summed E-state index contributed by atoms with van der Waals surface area (Å²) in [6.45, 7) is 4.35. The lowest BCUT2D eigenvalue weighted by atomic mass is 10.0. The molecule has 0 radical (unpaired) electrons. The molecule has 3 rings (SSSR count). The van der Waals surface area contributed by atoms with Crippen molar-refractivity contribution >= 4 is 23.6 Å². The summed E-state index contributed by atoms with van der Waals surface area (Å²) < 4.78 is 45.2. The molecule has 2 atom stereocenters. The third kappa shape index (κ3) is 9.50. The minimum absolute atomic E-state index is 0.0625. The molecule has 41 heavy (non-hydrogen) atoms. The number of aromatic nitrogens is 2. The molecule has 0 spiro atoms. The van der Waals surface area contributed by atoms with Crippen molar-refractivity contribution < 1.29 is 37.1 Å². The predicted octanol–water partition coefficient (Wildman–Crippen LogP) is 2.03. The summed E-state index contributed by atoms with van der Waals surface area (Å²) in [5.74, 6) is -1.82. The molecule has 2 heterocycles. The van der Waals surface area contributed by atoms with Crippen LogP contribution < -0.4 is 26.0 Å². The molecule has 0 fully saturated rings. The molecule has 2 aromatic rings. The van der Waals surface area contributed by atoms with Crippen LogP contribution >= 0.6 is 0 Å². The van der Waals surface area contributed by atoms with E-state index in [0.29, 0.717) is 18.7 Å². The van der Waals surface area contributed by atoms with Gasteiger partial charge in [0.15, 0.2) is 5.69 Å². The number of nitrogens with zero attached hydrogens (tertiary/aromatic N) is 2. The zero-order valence-electron chi connectivity index (χ0n) is 22.9. The van der Waals surface area contributed by atoms with Crippen molar-refractivity contribution in [2.75, 3.05) is 19.7 Å². The van der Waals surface area contributed by atoms with E-state index in [0.717, 1.165) is 10.7 Å². The van der Waals surface area contributed by atoms with Crippen LogP contribution in [0.5, 0.6) is 5.75 Å². The lowest BCUT2D eigenvalue weighted by Crippen LogP contribution is -2.51. The van der Waals surface area contributed by atoms with E-state index in [4.69, 9.17) is 4.74 Å². The number of rotatable bonds is 6. The average molecular weight is 581 g/mol. The number of hydrogen-bond donors (Lipinski definition) is 4. The highest BCUT2D eigenvalue weighted by Gasteiger charge is 2.33.